The maximum atomic E-state index is 5.18. The molecule has 1 atom stereocenters. The Labute approximate surface area is 73.0 Å². The quantitative estimate of drug-likeness (QED) is 0.660. The van der Waals surface area contributed by atoms with Crippen molar-refractivity contribution >= 4 is 0 Å². The highest BCUT2D eigenvalue weighted by atomic mass is 14.9. The molecule has 0 saturated heterocycles. The number of hydrogen-bond donors (Lipinski definition) is 1. The molecule has 0 aliphatic heterocycles. The second-order valence-corrected chi connectivity index (χ2v) is 2.63. The van der Waals surface area contributed by atoms with Gasteiger partial charge in [-0.05, 0) is 25.6 Å². The zero-order valence-electron chi connectivity index (χ0n) is 7.33. The third-order valence-corrected chi connectivity index (χ3v) is 1.87. The minimum Gasteiger partial charge on any atom is -0.313 e. The van der Waals surface area contributed by atoms with E-state index in [-0.39, 0.29) is 0 Å². The third-order valence-electron chi connectivity index (χ3n) is 1.87. The average Bonchev–Trinajstić information content (AvgIpc) is 2.17. The van der Waals surface area contributed by atoms with E-state index in [2.05, 4.69) is 23.1 Å². The first-order valence-electron chi connectivity index (χ1n) is 3.87. The fraction of sp³-hybridized carbons (Fsp3) is 0.300. The summed E-state index contributed by atoms with van der Waals surface area (Å²) in [4.78, 5) is 4.09. The molecular weight excluding hydrogens is 148 g/mol. The molecule has 2 nitrogen and oxygen atoms in total. The Hall–Kier alpha value is -1.33. The minimum atomic E-state index is 0.323. The van der Waals surface area contributed by atoms with Gasteiger partial charge in [-0.3, -0.25) is 0 Å². The van der Waals surface area contributed by atoms with Gasteiger partial charge in [0.05, 0.1) is 0 Å². The van der Waals surface area contributed by atoms with Crippen LogP contribution in [-0.2, 0) is 0 Å². The maximum absolute atomic E-state index is 5.18. The van der Waals surface area contributed by atoms with Crippen molar-refractivity contribution in [1.29, 1.82) is 0 Å². The molecule has 0 unspecified atom stereocenters. The van der Waals surface area contributed by atoms with Crippen molar-refractivity contribution in [1.82, 2.24) is 10.3 Å². The molecule has 1 N–H and O–H groups in total. The summed E-state index contributed by atoms with van der Waals surface area (Å²) < 4.78 is 0. The molecule has 1 heterocycles. The predicted octanol–water partition coefficient (Wildman–Crippen LogP) is 1.34. The van der Waals surface area contributed by atoms with Crippen molar-refractivity contribution in [2.45, 2.75) is 13.0 Å². The lowest BCUT2D eigenvalue weighted by Gasteiger charge is -2.08. The van der Waals surface area contributed by atoms with Crippen LogP contribution in [0.25, 0.3) is 0 Å². The smallest absolute Gasteiger partial charge is 0.112 e. The van der Waals surface area contributed by atoms with Crippen LogP contribution < -0.4 is 5.32 Å². The van der Waals surface area contributed by atoms with Crippen molar-refractivity contribution in [2.24, 2.45) is 0 Å². The van der Waals surface area contributed by atoms with Crippen LogP contribution in [0.3, 0.4) is 0 Å². The van der Waals surface area contributed by atoms with Gasteiger partial charge in [0.1, 0.15) is 5.69 Å². The van der Waals surface area contributed by atoms with Gasteiger partial charge in [-0.1, -0.05) is 12.0 Å². The van der Waals surface area contributed by atoms with E-state index in [4.69, 9.17) is 6.42 Å². The number of nitrogens with zero attached hydrogens (tertiary/aromatic N) is 1. The highest BCUT2D eigenvalue weighted by Gasteiger charge is 2.00. The first-order valence-corrected chi connectivity index (χ1v) is 3.87. The summed E-state index contributed by atoms with van der Waals surface area (Å²) in [5.41, 5.74) is 1.83. The predicted molar refractivity (Wildman–Crippen MR) is 49.6 cm³/mol. The van der Waals surface area contributed by atoms with Crippen molar-refractivity contribution in [3.63, 3.8) is 0 Å². The van der Waals surface area contributed by atoms with Gasteiger partial charge in [0, 0.05) is 12.2 Å². The van der Waals surface area contributed by atoms with Gasteiger partial charge >= 0.3 is 0 Å². The summed E-state index contributed by atoms with van der Waals surface area (Å²) >= 11 is 0. The van der Waals surface area contributed by atoms with Crippen LogP contribution in [0.2, 0.25) is 0 Å². The van der Waals surface area contributed by atoms with Crippen LogP contribution in [0.5, 0.6) is 0 Å². The molecule has 1 aromatic heterocycles. The van der Waals surface area contributed by atoms with E-state index in [9.17, 15) is 0 Å². The highest BCUT2D eigenvalue weighted by molar-refractivity contribution is 5.27. The van der Waals surface area contributed by atoms with Crippen molar-refractivity contribution in [3.8, 4) is 12.3 Å². The number of hydrogen-bond acceptors (Lipinski definition) is 2. The first kappa shape index (κ1) is 8.76. The molecule has 62 valence electrons. The van der Waals surface area contributed by atoms with E-state index in [1.165, 1.54) is 0 Å². The molecule has 12 heavy (non-hydrogen) atoms. The second kappa shape index (κ2) is 3.89. The summed E-state index contributed by atoms with van der Waals surface area (Å²) in [6, 6.07) is 4.16. The molecule has 0 aliphatic carbocycles. The molecule has 0 aromatic carbocycles. The SMILES string of the molecule is C#Cc1ccc([C@H](C)NC)cn1. The second-order valence-electron chi connectivity index (χ2n) is 2.63. The molecule has 0 amide bonds. The average molecular weight is 160 g/mol. The Morgan fingerprint density at radius 3 is 2.75 bits per heavy atom. The zero-order valence-corrected chi connectivity index (χ0v) is 7.33. The molecule has 2 heteroatoms. The highest BCUT2D eigenvalue weighted by Crippen LogP contribution is 2.09. The van der Waals surface area contributed by atoms with E-state index < -0.39 is 0 Å². The molecule has 0 aliphatic rings. The van der Waals surface area contributed by atoms with Crippen LogP contribution >= 0.6 is 0 Å². The van der Waals surface area contributed by atoms with E-state index in [0.717, 1.165) is 5.56 Å². The Kier molecular flexibility index (Phi) is 2.84. The normalized spacial score (nSPS) is 12.1. The number of terminal acetylenes is 1. The summed E-state index contributed by atoms with van der Waals surface area (Å²) in [5, 5.41) is 3.13. The number of pyridine rings is 1. The van der Waals surface area contributed by atoms with Gasteiger partial charge in [0.15, 0.2) is 0 Å². The lowest BCUT2D eigenvalue weighted by molar-refractivity contribution is 0.649. The van der Waals surface area contributed by atoms with Gasteiger partial charge in [0.2, 0.25) is 0 Å². The topological polar surface area (TPSA) is 24.9 Å². The van der Waals surface area contributed by atoms with Gasteiger partial charge in [0.25, 0.3) is 0 Å². The fourth-order valence-electron chi connectivity index (χ4n) is 0.913. The van der Waals surface area contributed by atoms with Gasteiger partial charge < -0.3 is 5.32 Å². The summed E-state index contributed by atoms with van der Waals surface area (Å²) in [7, 11) is 1.92. The lowest BCUT2D eigenvalue weighted by atomic mass is 10.1. The molecule has 0 spiro atoms. The summed E-state index contributed by atoms with van der Waals surface area (Å²) in [6.07, 6.45) is 6.98. The summed E-state index contributed by atoms with van der Waals surface area (Å²) in [5.74, 6) is 2.48. The van der Waals surface area contributed by atoms with E-state index in [0.29, 0.717) is 11.7 Å². The fourth-order valence-corrected chi connectivity index (χ4v) is 0.913. The van der Waals surface area contributed by atoms with Gasteiger partial charge in [-0.15, -0.1) is 6.42 Å². The summed E-state index contributed by atoms with van der Waals surface area (Å²) in [6.45, 7) is 2.08. The molecule has 1 rings (SSSR count). The molecular formula is C10H12N2. The van der Waals surface area contributed by atoms with Crippen LogP contribution in [0, 0.1) is 12.3 Å². The molecule has 0 radical (unpaired) electrons. The molecule has 0 bridgehead atoms. The number of aromatic nitrogens is 1. The minimum absolute atomic E-state index is 0.323. The molecule has 1 aromatic rings. The first-order chi connectivity index (χ1) is 5.77. The van der Waals surface area contributed by atoms with Crippen LogP contribution in [0.15, 0.2) is 18.3 Å². The molecule has 0 saturated carbocycles. The van der Waals surface area contributed by atoms with Crippen molar-refractivity contribution < 1.29 is 0 Å². The van der Waals surface area contributed by atoms with E-state index >= 15 is 0 Å². The standard InChI is InChI=1S/C10H12N2/c1-4-10-6-5-9(7-12-10)8(2)11-3/h1,5-8,11H,2-3H3/t8-/m0/s1. The van der Waals surface area contributed by atoms with Gasteiger partial charge in [-0.2, -0.15) is 0 Å². The largest absolute Gasteiger partial charge is 0.313 e. The van der Waals surface area contributed by atoms with Crippen LogP contribution in [0.4, 0.5) is 0 Å². The maximum Gasteiger partial charge on any atom is 0.112 e. The van der Waals surface area contributed by atoms with E-state index in [1.807, 2.05) is 19.2 Å². The number of nitrogens with one attached hydrogen (secondary N) is 1. The van der Waals surface area contributed by atoms with E-state index in [1.54, 1.807) is 6.20 Å². The Bertz CT molecular complexity index is 282. The van der Waals surface area contributed by atoms with Crippen LogP contribution in [0.1, 0.15) is 24.2 Å². The third kappa shape index (κ3) is 1.84. The Balaban J connectivity index is 2.86. The number of rotatable bonds is 2. The van der Waals surface area contributed by atoms with Gasteiger partial charge in [-0.25, -0.2) is 4.98 Å². The monoisotopic (exact) mass is 160 g/mol. The lowest BCUT2D eigenvalue weighted by Crippen LogP contribution is -2.12. The van der Waals surface area contributed by atoms with Crippen LogP contribution in [-0.4, -0.2) is 12.0 Å². The van der Waals surface area contributed by atoms with Crippen molar-refractivity contribution in [3.05, 3.63) is 29.6 Å². The molecule has 0 fully saturated rings. The Morgan fingerprint density at radius 2 is 2.33 bits per heavy atom. The Morgan fingerprint density at radius 1 is 1.58 bits per heavy atom. The zero-order chi connectivity index (χ0) is 8.97. The van der Waals surface area contributed by atoms with Crippen molar-refractivity contribution in [2.75, 3.05) is 7.05 Å².